The first-order valence-electron chi connectivity index (χ1n) is 10.8. The fourth-order valence-electron chi connectivity index (χ4n) is 3.54. The molecule has 3 aromatic rings. The second-order valence-corrected chi connectivity index (χ2v) is 10.9. The number of carboxylic acids is 1. The predicted octanol–water partition coefficient (Wildman–Crippen LogP) is 3.80. The first-order valence-corrected chi connectivity index (χ1v) is 12.2. The largest absolute Gasteiger partial charge is 0.480 e. The molecule has 0 saturated heterocycles. The van der Waals surface area contributed by atoms with Gasteiger partial charge >= 0.3 is 12.1 Å². The predicted molar refractivity (Wildman–Crippen MR) is 127 cm³/mol. The summed E-state index contributed by atoms with van der Waals surface area (Å²) >= 11 is 0. The van der Waals surface area contributed by atoms with Crippen LogP contribution >= 0.6 is 0 Å². The van der Waals surface area contributed by atoms with Crippen molar-refractivity contribution >= 4 is 33.0 Å². The Morgan fingerprint density at radius 2 is 1.76 bits per heavy atom. The van der Waals surface area contributed by atoms with Crippen LogP contribution in [-0.2, 0) is 26.0 Å². The maximum absolute atomic E-state index is 13.1. The van der Waals surface area contributed by atoms with Crippen LogP contribution in [0.25, 0.3) is 10.9 Å². The summed E-state index contributed by atoms with van der Waals surface area (Å²) in [7, 11) is -3.87. The van der Waals surface area contributed by atoms with E-state index in [-0.39, 0.29) is 11.3 Å². The highest BCUT2D eigenvalue weighted by Crippen LogP contribution is 2.26. The van der Waals surface area contributed by atoms with Gasteiger partial charge in [0.25, 0.3) is 10.0 Å². The number of ether oxygens (including phenoxy) is 1. The number of aliphatic carboxylic acids is 1. The van der Waals surface area contributed by atoms with Gasteiger partial charge in [-0.1, -0.05) is 23.8 Å². The molecule has 0 fully saturated rings. The number of carbonyl (C=O) groups excluding carboxylic acids is 1. The molecule has 34 heavy (non-hydrogen) atoms. The number of hydrogen-bond acceptors (Lipinski definition) is 6. The second kappa shape index (κ2) is 9.46. The van der Waals surface area contributed by atoms with E-state index in [2.05, 4.69) is 10.4 Å². The second-order valence-electron chi connectivity index (χ2n) is 9.16. The Morgan fingerprint density at radius 3 is 2.35 bits per heavy atom. The van der Waals surface area contributed by atoms with E-state index in [1.807, 2.05) is 13.8 Å². The number of alkyl carbamates (subject to hydrolysis) is 1. The third-order valence-corrected chi connectivity index (χ3v) is 6.95. The minimum absolute atomic E-state index is 0.136. The molecule has 0 aliphatic rings. The minimum Gasteiger partial charge on any atom is -0.480 e. The molecule has 182 valence electrons. The summed E-state index contributed by atoms with van der Waals surface area (Å²) in [6, 6.07) is 8.83. The maximum Gasteiger partial charge on any atom is 0.408 e. The van der Waals surface area contributed by atoms with E-state index < -0.39 is 33.7 Å². The highest BCUT2D eigenvalue weighted by Gasteiger charge is 2.25. The molecule has 0 aliphatic carbocycles. The molecular weight excluding hydrogens is 458 g/mol. The third kappa shape index (κ3) is 5.56. The van der Waals surface area contributed by atoms with Crippen LogP contribution in [0.3, 0.4) is 0 Å². The van der Waals surface area contributed by atoms with E-state index in [9.17, 15) is 23.1 Å². The van der Waals surface area contributed by atoms with E-state index in [1.165, 1.54) is 6.20 Å². The molecule has 1 atom stereocenters. The van der Waals surface area contributed by atoms with Crippen molar-refractivity contribution in [3.8, 4) is 0 Å². The highest BCUT2D eigenvalue weighted by molar-refractivity contribution is 7.90. The third-order valence-electron chi connectivity index (χ3n) is 5.34. The Labute approximate surface area is 198 Å². The van der Waals surface area contributed by atoms with Crippen molar-refractivity contribution in [1.82, 2.24) is 14.5 Å². The molecule has 0 saturated carbocycles. The van der Waals surface area contributed by atoms with Gasteiger partial charge in [-0.05, 0) is 76.8 Å². The normalized spacial score (nSPS) is 13.0. The van der Waals surface area contributed by atoms with Gasteiger partial charge in [0.15, 0.2) is 0 Å². The molecule has 2 aromatic carbocycles. The lowest BCUT2D eigenvalue weighted by Gasteiger charge is -2.22. The minimum atomic E-state index is -3.87. The van der Waals surface area contributed by atoms with Crippen molar-refractivity contribution in [2.75, 3.05) is 0 Å². The zero-order valence-corrected chi connectivity index (χ0v) is 20.6. The van der Waals surface area contributed by atoms with Crippen molar-refractivity contribution in [2.24, 2.45) is 0 Å². The molecule has 3 rings (SSSR count). The summed E-state index contributed by atoms with van der Waals surface area (Å²) in [5.41, 5.74) is 2.27. The van der Waals surface area contributed by atoms with Crippen molar-refractivity contribution in [1.29, 1.82) is 0 Å². The van der Waals surface area contributed by atoms with Gasteiger partial charge in [-0.25, -0.2) is 9.59 Å². The van der Waals surface area contributed by atoms with Gasteiger partial charge in [-0.15, -0.1) is 0 Å². The van der Waals surface area contributed by atoms with E-state index in [4.69, 9.17) is 4.74 Å². The quantitative estimate of drug-likeness (QED) is 0.519. The molecule has 10 heteroatoms. The van der Waals surface area contributed by atoms with Crippen LogP contribution in [0, 0.1) is 13.8 Å². The maximum atomic E-state index is 13.1. The first kappa shape index (κ1) is 25.2. The smallest absolute Gasteiger partial charge is 0.408 e. The number of aryl methyl sites for hydroxylation is 3. The van der Waals surface area contributed by atoms with E-state index in [1.54, 1.807) is 57.2 Å². The molecule has 9 nitrogen and oxygen atoms in total. The average molecular weight is 488 g/mol. The molecular formula is C24H29N3O6S. The number of carboxylic acid groups (broad SMARTS) is 1. The van der Waals surface area contributed by atoms with Crippen LogP contribution in [0.1, 0.15) is 43.9 Å². The molecule has 0 radical (unpaired) electrons. The molecule has 1 amide bonds. The number of carbonyl (C=O) groups is 2. The molecule has 0 bridgehead atoms. The number of nitrogens with zero attached hydrogens (tertiary/aromatic N) is 2. The Hall–Kier alpha value is -3.40. The standard InChI is InChI=1S/C24H29N3O6S/c1-15-6-10-18(11-7-15)34(31,32)27-21-13-9-17(16(2)19(21)14-25-27)8-12-20(22(28)29)26-23(30)33-24(3,4)5/h6-7,9-11,13-14,20H,8,12H2,1-5H3,(H,26,30)(H,28,29)/t20-/m0/s1. The lowest BCUT2D eigenvalue weighted by Crippen LogP contribution is -2.43. The van der Waals surface area contributed by atoms with Crippen molar-refractivity contribution < 1.29 is 27.9 Å². The van der Waals surface area contributed by atoms with Gasteiger partial charge in [-0.3, -0.25) is 0 Å². The van der Waals surface area contributed by atoms with Crippen LogP contribution < -0.4 is 5.32 Å². The van der Waals surface area contributed by atoms with Gasteiger partial charge < -0.3 is 15.2 Å². The average Bonchev–Trinajstić information content (AvgIpc) is 3.17. The molecule has 1 heterocycles. The Morgan fingerprint density at radius 1 is 1.12 bits per heavy atom. The van der Waals surface area contributed by atoms with Crippen molar-refractivity contribution in [3.63, 3.8) is 0 Å². The van der Waals surface area contributed by atoms with Gasteiger partial charge in [0, 0.05) is 5.39 Å². The van der Waals surface area contributed by atoms with Crippen LogP contribution in [0.4, 0.5) is 4.79 Å². The van der Waals surface area contributed by atoms with Crippen LogP contribution in [-0.4, -0.2) is 46.4 Å². The number of amides is 1. The number of hydrogen-bond donors (Lipinski definition) is 2. The summed E-state index contributed by atoms with van der Waals surface area (Å²) in [5.74, 6) is -1.17. The van der Waals surface area contributed by atoms with E-state index in [0.717, 1.165) is 20.8 Å². The van der Waals surface area contributed by atoms with E-state index >= 15 is 0 Å². The monoisotopic (exact) mass is 487 g/mol. The Bertz CT molecular complexity index is 1320. The summed E-state index contributed by atoms with van der Waals surface area (Å²) in [5, 5.41) is 16.7. The number of fused-ring (bicyclic) bond motifs is 1. The first-order chi connectivity index (χ1) is 15.8. The lowest BCUT2D eigenvalue weighted by atomic mass is 9.98. The van der Waals surface area contributed by atoms with Crippen molar-refractivity contribution in [2.45, 2.75) is 64.0 Å². The highest BCUT2D eigenvalue weighted by atomic mass is 32.2. The molecule has 0 spiro atoms. The van der Waals surface area contributed by atoms with Crippen LogP contribution in [0.15, 0.2) is 47.5 Å². The Kier molecular flexibility index (Phi) is 7.02. The topological polar surface area (TPSA) is 128 Å². The number of aromatic nitrogens is 2. The number of benzene rings is 2. The molecule has 2 N–H and O–H groups in total. The summed E-state index contributed by atoms with van der Waals surface area (Å²) in [6.07, 6.45) is 1.18. The lowest BCUT2D eigenvalue weighted by molar-refractivity contribution is -0.139. The van der Waals surface area contributed by atoms with Gasteiger partial charge in [0.2, 0.25) is 0 Å². The fraction of sp³-hybridized carbons (Fsp3) is 0.375. The van der Waals surface area contributed by atoms with Crippen LogP contribution in [0.5, 0.6) is 0 Å². The Balaban J connectivity index is 1.83. The molecule has 1 aromatic heterocycles. The summed E-state index contributed by atoms with van der Waals surface area (Å²) in [4.78, 5) is 23.8. The van der Waals surface area contributed by atoms with Gasteiger partial charge in [0.05, 0.1) is 16.6 Å². The zero-order chi connectivity index (χ0) is 25.3. The van der Waals surface area contributed by atoms with Crippen molar-refractivity contribution in [3.05, 3.63) is 59.3 Å². The number of rotatable bonds is 7. The van der Waals surface area contributed by atoms with Crippen LogP contribution in [0.2, 0.25) is 0 Å². The SMILES string of the molecule is Cc1ccc(S(=O)(=O)n2ncc3c(C)c(CC[C@H](NC(=O)OC(C)(C)C)C(=O)O)ccc32)cc1. The zero-order valence-electron chi connectivity index (χ0n) is 19.8. The molecule has 0 unspecified atom stereocenters. The van der Waals surface area contributed by atoms with Gasteiger partial charge in [0.1, 0.15) is 11.6 Å². The summed E-state index contributed by atoms with van der Waals surface area (Å²) in [6.45, 7) is 8.79. The van der Waals surface area contributed by atoms with E-state index in [0.29, 0.717) is 17.3 Å². The van der Waals surface area contributed by atoms with Gasteiger partial charge in [-0.2, -0.15) is 17.6 Å². The summed E-state index contributed by atoms with van der Waals surface area (Å²) < 4.78 is 32.3. The molecule has 0 aliphatic heterocycles. The number of nitrogens with one attached hydrogen (secondary N) is 1. The fourth-order valence-corrected chi connectivity index (χ4v) is 4.81.